The number of hydrogen-bond acceptors (Lipinski definition) is 5. The molecule has 0 N–H and O–H groups in total. The van der Waals surface area contributed by atoms with E-state index in [2.05, 4.69) is 0 Å². The molecule has 0 aromatic heterocycles. The molecule has 0 bridgehead atoms. The molecule has 2 unspecified atom stereocenters. The van der Waals surface area contributed by atoms with Gasteiger partial charge in [-0.3, -0.25) is 0 Å². The summed E-state index contributed by atoms with van der Waals surface area (Å²) in [5.41, 5.74) is 1.15. The first-order valence-corrected chi connectivity index (χ1v) is 7.23. The third-order valence-electron chi connectivity index (χ3n) is 3.65. The van der Waals surface area contributed by atoms with Crippen LogP contribution >= 0.6 is 0 Å². The smallest absolute Gasteiger partial charge is 0.203 e. The van der Waals surface area contributed by atoms with Crippen LogP contribution in [0.25, 0.3) is 0 Å². The molecule has 0 amide bonds. The average molecular weight is 296 g/mol. The summed E-state index contributed by atoms with van der Waals surface area (Å²) in [4.78, 5) is 0. The monoisotopic (exact) mass is 296 g/mol. The molecule has 1 aromatic rings. The van der Waals surface area contributed by atoms with Crippen LogP contribution in [0.2, 0.25) is 0 Å². The Labute approximate surface area is 126 Å². The van der Waals surface area contributed by atoms with E-state index in [1.807, 2.05) is 19.1 Å². The van der Waals surface area contributed by atoms with Crippen LogP contribution in [0.3, 0.4) is 0 Å². The van der Waals surface area contributed by atoms with E-state index in [1.165, 1.54) is 0 Å². The van der Waals surface area contributed by atoms with Gasteiger partial charge >= 0.3 is 0 Å². The first-order chi connectivity index (χ1) is 10.2. The topological polar surface area (TPSA) is 46.2 Å². The zero-order chi connectivity index (χ0) is 15.2. The molecule has 5 nitrogen and oxygen atoms in total. The van der Waals surface area contributed by atoms with Crippen molar-refractivity contribution in [2.24, 2.45) is 5.92 Å². The molecule has 2 rings (SSSR count). The van der Waals surface area contributed by atoms with Crippen molar-refractivity contribution < 1.29 is 23.7 Å². The Morgan fingerprint density at radius 3 is 2.29 bits per heavy atom. The summed E-state index contributed by atoms with van der Waals surface area (Å²) < 4.78 is 27.2. The maximum absolute atomic E-state index is 5.63. The Balaban J connectivity index is 2.10. The molecule has 118 valence electrons. The molecule has 1 heterocycles. The van der Waals surface area contributed by atoms with E-state index >= 15 is 0 Å². The van der Waals surface area contributed by atoms with E-state index < -0.39 is 0 Å². The molecule has 1 fully saturated rings. The van der Waals surface area contributed by atoms with E-state index in [0.29, 0.717) is 29.8 Å². The molecular formula is C16H24O5. The van der Waals surface area contributed by atoms with Gasteiger partial charge in [-0.2, -0.15) is 0 Å². The van der Waals surface area contributed by atoms with Gasteiger partial charge in [-0.15, -0.1) is 0 Å². The van der Waals surface area contributed by atoms with Crippen LogP contribution < -0.4 is 14.2 Å². The molecule has 0 radical (unpaired) electrons. The molecule has 21 heavy (non-hydrogen) atoms. The molecule has 1 aliphatic rings. The Kier molecular flexibility index (Phi) is 5.70. The second-order valence-corrected chi connectivity index (χ2v) is 5.06. The van der Waals surface area contributed by atoms with Gasteiger partial charge in [-0.1, -0.05) is 0 Å². The van der Waals surface area contributed by atoms with Crippen LogP contribution in [0.4, 0.5) is 0 Å². The number of methoxy groups -OCH3 is 3. The minimum absolute atomic E-state index is 0.0676. The van der Waals surface area contributed by atoms with Crippen LogP contribution in [0.5, 0.6) is 17.2 Å². The summed E-state index contributed by atoms with van der Waals surface area (Å²) in [5.74, 6) is 2.45. The SMILES string of the molecule is CCOC1CC(Cc2cc(OC)c(OC)c(OC)c2)CO1. The summed E-state index contributed by atoms with van der Waals surface area (Å²) in [7, 11) is 4.87. The Hall–Kier alpha value is -1.46. The molecule has 0 aliphatic carbocycles. The first kappa shape index (κ1) is 15.9. The average Bonchev–Trinajstić information content (AvgIpc) is 2.93. The summed E-state index contributed by atoms with van der Waals surface area (Å²) in [6.07, 6.45) is 1.76. The lowest BCUT2D eigenvalue weighted by Crippen LogP contribution is -2.10. The first-order valence-electron chi connectivity index (χ1n) is 7.23. The maximum atomic E-state index is 5.63. The molecule has 2 atom stereocenters. The molecule has 5 heteroatoms. The molecule has 0 spiro atoms. The molecule has 0 saturated carbocycles. The fourth-order valence-corrected chi connectivity index (χ4v) is 2.68. The summed E-state index contributed by atoms with van der Waals surface area (Å²) in [6.45, 7) is 3.39. The van der Waals surface area contributed by atoms with Crippen molar-refractivity contribution in [3.63, 3.8) is 0 Å². The van der Waals surface area contributed by atoms with Crippen molar-refractivity contribution in [1.29, 1.82) is 0 Å². The Bertz CT molecular complexity index is 435. The molecule has 1 saturated heterocycles. The quantitative estimate of drug-likeness (QED) is 0.774. The fourth-order valence-electron chi connectivity index (χ4n) is 2.68. The summed E-state index contributed by atoms with van der Waals surface area (Å²) in [5, 5.41) is 0. The predicted molar refractivity (Wildman–Crippen MR) is 79.3 cm³/mol. The second kappa shape index (κ2) is 7.52. The highest BCUT2D eigenvalue weighted by atomic mass is 16.7. The normalized spacial score (nSPS) is 21.3. The van der Waals surface area contributed by atoms with Gasteiger partial charge < -0.3 is 23.7 Å². The Morgan fingerprint density at radius 1 is 1.10 bits per heavy atom. The van der Waals surface area contributed by atoms with Gasteiger partial charge in [0.25, 0.3) is 0 Å². The maximum Gasteiger partial charge on any atom is 0.203 e. The van der Waals surface area contributed by atoms with E-state index in [4.69, 9.17) is 23.7 Å². The minimum atomic E-state index is -0.0676. The van der Waals surface area contributed by atoms with Gasteiger partial charge in [0.15, 0.2) is 17.8 Å². The lowest BCUT2D eigenvalue weighted by Gasteiger charge is -2.15. The molecule has 1 aliphatic heterocycles. The van der Waals surface area contributed by atoms with Crippen molar-refractivity contribution >= 4 is 0 Å². The second-order valence-electron chi connectivity index (χ2n) is 5.06. The number of benzene rings is 1. The van der Waals surface area contributed by atoms with Crippen LogP contribution in [0.1, 0.15) is 18.9 Å². The van der Waals surface area contributed by atoms with E-state index in [1.54, 1.807) is 21.3 Å². The lowest BCUT2D eigenvalue weighted by molar-refractivity contribution is -0.106. The van der Waals surface area contributed by atoms with Gasteiger partial charge in [0.05, 0.1) is 27.9 Å². The number of ether oxygens (including phenoxy) is 5. The fraction of sp³-hybridized carbons (Fsp3) is 0.625. The van der Waals surface area contributed by atoms with Crippen molar-refractivity contribution in [3.8, 4) is 17.2 Å². The van der Waals surface area contributed by atoms with Crippen LogP contribution in [0.15, 0.2) is 12.1 Å². The van der Waals surface area contributed by atoms with Gasteiger partial charge in [0.1, 0.15) is 0 Å². The zero-order valence-electron chi connectivity index (χ0n) is 13.2. The van der Waals surface area contributed by atoms with E-state index in [0.717, 1.165) is 25.0 Å². The van der Waals surface area contributed by atoms with Crippen LogP contribution in [0, 0.1) is 5.92 Å². The van der Waals surface area contributed by atoms with Gasteiger partial charge in [-0.25, -0.2) is 0 Å². The largest absolute Gasteiger partial charge is 0.493 e. The number of rotatable bonds is 7. The zero-order valence-corrected chi connectivity index (χ0v) is 13.2. The summed E-state index contributed by atoms with van der Waals surface area (Å²) in [6, 6.07) is 3.99. The Morgan fingerprint density at radius 2 is 1.76 bits per heavy atom. The summed E-state index contributed by atoms with van der Waals surface area (Å²) >= 11 is 0. The number of hydrogen-bond donors (Lipinski definition) is 0. The highest BCUT2D eigenvalue weighted by Crippen LogP contribution is 2.39. The van der Waals surface area contributed by atoms with Crippen molar-refractivity contribution in [2.45, 2.75) is 26.1 Å². The highest BCUT2D eigenvalue weighted by molar-refractivity contribution is 5.53. The van der Waals surface area contributed by atoms with Crippen LogP contribution in [-0.2, 0) is 15.9 Å². The molecule has 1 aromatic carbocycles. The van der Waals surface area contributed by atoms with Crippen molar-refractivity contribution in [3.05, 3.63) is 17.7 Å². The molecular weight excluding hydrogens is 272 g/mol. The minimum Gasteiger partial charge on any atom is -0.493 e. The van der Waals surface area contributed by atoms with Gasteiger partial charge in [-0.05, 0) is 37.0 Å². The van der Waals surface area contributed by atoms with E-state index in [9.17, 15) is 0 Å². The van der Waals surface area contributed by atoms with Crippen molar-refractivity contribution in [1.82, 2.24) is 0 Å². The van der Waals surface area contributed by atoms with Crippen LogP contribution in [-0.4, -0.2) is 40.8 Å². The third kappa shape index (κ3) is 3.80. The lowest BCUT2D eigenvalue weighted by atomic mass is 9.98. The van der Waals surface area contributed by atoms with E-state index in [-0.39, 0.29) is 6.29 Å². The highest BCUT2D eigenvalue weighted by Gasteiger charge is 2.26. The van der Waals surface area contributed by atoms with Crippen molar-refractivity contribution in [2.75, 3.05) is 34.5 Å². The van der Waals surface area contributed by atoms with Gasteiger partial charge in [0.2, 0.25) is 5.75 Å². The van der Waals surface area contributed by atoms with Gasteiger partial charge in [0, 0.05) is 13.0 Å². The predicted octanol–water partition coefficient (Wildman–Crippen LogP) is 2.65. The standard InChI is InChI=1S/C16H24O5/c1-5-20-15-9-12(10-21-15)6-11-7-13(17-2)16(19-4)14(8-11)18-3/h7-8,12,15H,5-6,9-10H2,1-4H3. The third-order valence-corrected chi connectivity index (χ3v) is 3.65.